The highest BCUT2D eigenvalue weighted by atomic mass is 35.5. The van der Waals surface area contributed by atoms with Gasteiger partial charge in [-0.25, -0.2) is 4.79 Å². The number of ether oxygens (including phenoxy) is 1. The topological polar surface area (TPSA) is 86.7 Å². The smallest absolute Gasteiger partial charge is 0.319 e. The van der Waals surface area contributed by atoms with Gasteiger partial charge in [-0.3, -0.25) is 4.98 Å². The van der Waals surface area contributed by atoms with Crippen LogP contribution in [0.1, 0.15) is 37.8 Å². The standard InChI is InChI=1S/C24H31ClN4O3/c1-24(31)11-16(12-24)14-29-10-9-22(20(15-29)21-8-7-19(32-2)13-26-21)28-23(30)27-18-5-3-17(25)4-6-18/h3-8,13,16,20,22,31H,9-12,14-15H2,1-2H3,(H2,27,28,30)/t16?,20-,22+,24?/m0/s1. The fraction of sp³-hybridized carbons (Fsp3) is 0.500. The van der Waals surface area contributed by atoms with Gasteiger partial charge in [-0.1, -0.05) is 11.6 Å². The predicted octanol–water partition coefficient (Wildman–Crippen LogP) is 3.88. The third-order valence-electron chi connectivity index (χ3n) is 6.46. The Kier molecular flexibility index (Phi) is 6.88. The van der Waals surface area contributed by atoms with E-state index in [1.54, 1.807) is 37.6 Å². The number of methoxy groups -OCH3 is 1. The first-order valence-electron chi connectivity index (χ1n) is 11.1. The maximum Gasteiger partial charge on any atom is 0.319 e. The largest absolute Gasteiger partial charge is 0.495 e. The Morgan fingerprint density at radius 2 is 2.03 bits per heavy atom. The SMILES string of the molecule is COc1ccc([C@@H]2CN(CC3CC(C)(O)C3)CC[C@H]2NC(=O)Nc2ccc(Cl)cc2)nc1. The number of hydrogen-bond acceptors (Lipinski definition) is 5. The van der Waals surface area contributed by atoms with E-state index in [0.29, 0.717) is 22.4 Å². The molecule has 172 valence electrons. The third-order valence-corrected chi connectivity index (χ3v) is 6.72. The first-order chi connectivity index (χ1) is 15.3. The van der Waals surface area contributed by atoms with Gasteiger partial charge in [-0.2, -0.15) is 0 Å². The molecule has 0 spiro atoms. The highest BCUT2D eigenvalue weighted by Gasteiger charge is 2.40. The first kappa shape index (κ1) is 22.8. The summed E-state index contributed by atoms with van der Waals surface area (Å²) in [4.78, 5) is 19.7. The molecule has 7 nitrogen and oxygen atoms in total. The summed E-state index contributed by atoms with van der Waals surface area (Å²) in [5.74, 6) is 1.29. The lowest BCUT2D eigenvalue weighted by molar-refractivity contribution is -0.0680. The van der Waals surface area contributed by atoms with Gasteiger partial charge in [0.05, 0.1) is 18.9 Å². The normalized spacial score (nSPS) is 27.9. The molecule has 1 aliphatic carbocycles. The van der Waals surface area contributed by atoms with Gasteiger partial charge in [0, 0.05) is 48.0 Å². The number of benzene rings is 1. The molecule has 3 N–H and O–H groups in total. The van der Waals surface area contributed by atoms with E-state index in [1.165, 1.54) is 0 Å². The minimum absolute atomic E-state index is 0.0380. The molecule has 2 aliphatic rings. The number of aromatic nitrogens is 1. The molecule has 1 saturated carbocycles. The number of rotatable bonds is 6. The zero-order valence-electron chi connectivity index (χ0n) is 18.6. The molecule has 1 aromatic heterocycles. The fourth-order valence-electron chi connectivity index (χ4n) is 4.94. The number of carbonyl (C=O) groups is 1. The summed E-state index contributed by atoms with van der Waals surface area (Å²) < 4.78 is 5.25. The number of piperidine rings is 1. The zero-order valence-corrected chi connectivity index (χ0v) is 19.3. The number of carbonyl (C=O) groups excluding carboxylic acids is 1. The number of halogens is 1. The number of nitrogens with one attached hydrogen (secondary N) is 2. The van der Waals surface area contributed by atoms with E-state index in [4.69, 9.17) is 16.3 Å². The number of pyridine rings is 1. The molecule has 32 heavy (non-hydrogen) atoms. The average Bonchev–Trinajstić information content (AvgIpc) is 2.75. The minimum Gasteiger partial charge on any atom is -0.495 e. The number of anilines is 1. The van der Waals surface area contributed by atoms with E-state index >= 15 is 0 Å². The summed E-state index contributed by atoms with van der Waals surface area (Å²) in [6.07, 6.45) is 4.25. The van der Waals surface area contributed by atoms with Crippen molar-refractivity contribution >= 4 is 23.3 Å². The van der Waals surface area contributed by atoms with Gasteiger partial charge in [-0.15, -0.1) is 0 Å². The molecule has 2 amide bonds. The Morgan fingerprint density at radius 3 is 2.66 bits per heavy atom. The predicted molar refractivity (Wildman–Crippen MR) is 125 cm³/mol. The molecule has 4 rings (SSSR count). The summed E-state index contributed by atoms with van der Waals surface area (Å²) >= 11 is 5.93. The van der Waals surface area contributed by atoms with Gasteiger partial charge in [0.25, 0.3) is 0 Å². The summed E-state index contributed by atoms with van der Waals surface area (Å²) in [6.45, 7) is 4.58. The molecular weight excluding hydrogens is 428 g/mol. The Hall–Kier alpha value is -2.35. The van der Waals surface area contributed by atoms with Gasteiger partial charge in [0.15, 0.2) is 0 Å². The second-order valence-corrected chi connectivity index (χ2v) is 9.70. The summed E-state index contributed by atoms with van der Waals surface area (Å²) in [6, 6.07) is 10.7. The van der Waals surface area contributed by atoms with Crippen molar-refractivity contribution in [3.63, 3.8) is 0 Å². The van der Waals surface area contributed by atoms with Crippen LogP contribution in [0.3, 0.4) is 0 Å². The van der Waals surface area contributed by atoms with Crippen molar-refractivity contribution in [1.82, 2.24) is 15.2 Å². The van der Waals surface area contributed by atoms with E-state index in [1.807, 2.05) is 19.1 Å². The molecule has 1 aromatic carbocycles. The number of hydrogen-bond donors (Lipinski definition) is 3. The van der Waals surface area contributed by atoms with Crippen molar-refractivity contribution in [1.29, 1.82) is 0 Å². The van der Waals surface area contributed by atoms with Crippen molar-refractivity contribution < 1.29 is 14.6 Å². The molecule has 2 atom stereocenters. The lowest BCUT2D eigenvalue weighted by atomic mass is 9.71. The van der Waals surface area contributed by atoms with Crippen molar-refractivity contribution in [2.45, 2.75) is 43.7 Å². The Labute approximate surface area is 194 Å². The van der Waals surface area contributed by atoms with Crippen LogP contribution in [-0.4, -0.2) is 59.4 Å². The van der Waals surface area contributed by atoms with Crippen LogP contribution in [0.5, 0.6) is 5.75 Å². The van der Waals surface area contributed by atoms with E-state index in [-0.39, 0.29) is 18.0 Å². The van der Waals surface area contributed by atoms with Crippen LogP contribution >= 0.6 is 11.6 Å². The Morgan fingerprint density at radius 1 is 1.28 bits per heavy atom. The number of nitrogens with zero attached hydrogens (tertiary/aromatic N) is 2. The number of amides is 2. The summed E-state index contributed by atoms with van der Waals surface area (Å²) in [5, 5.41) is 16.7. The maximum absolute atomic E-state index is 12.7. The molecule has 2 fully saturated rings. The van der Waals surface area contributed by atoms with Crippen LogP contribution in [0.2, 0.25) is 5.02 Å². The molecule has 8 heteroatoms. The van der Waals surface area contributed by atoms with Crippen molar-refractivity contribution in [2.24, 2.45) is 5.92 Å². The molecule has 2 aromatic rings. The van der Waals surface area contributed by atoms with Crippen LogP contribution in [0, 0.1) is 5.92 Å². The van der Waals surface area contributed by atoms with Crippen molar-refractivity contribution in [2.75, 3.05) is 32.1 Å². The maximum atomic E-state index is 12.7. The van der Waals surface area contributed by atoms with E-state index < -0.39 is 5.60 Å². The van der Waals surface area contributed by atoms with Crippen LogP contribution in [-0.2, 0) is 0 Å². The van der Waals surface area contributed by atoms with E-state index in [2.05, 4.69) is 20.5 Å². The van der Waals surface area contributed by atoms with Crippen LogP contribution < -0.4 is 15.4 Å². The third kappa shape index (κ3) is 5.71. The van der Waals surface area contributed by atoms with E-state index in [0.717, 1.165) is 44.6 Å². The quantitative estimate of drug-likeness (QED) is 0.611. The average molecular weight is 459 g/mol. The molecule has 1 aliphatic heterocycles. The van der Waals surface area contributed by atoms with E-state index in [9.17, 15) is 9.90 Å². The molecule has 0 radical (unpaired) electrons. The van der Waals surface area contributed by atoms with Gasteiger partial charge >= 0.3 is 6.03 Å². The van der Waals surface area contributed by atoms with Crippen LogP contribution in [0.4, 0.5) is 10.5 Å². The lowest BCUT2D eigenvalue weighted by Crippen LogP contribution is -2.53. The number of likely N-dealkylation sites (tertiary alicyclic amines) is 1. The highest BCUT2D eigenvalue weighted by Crippen LogP contribution is 2.38. The number of urea groups is 1. The highest BCUT2D eigenvalue weighted by molar-refractivity contribution is 6.30. The lowest BCUT2D eigenvalue weighted by Gasteiger charge is -2.46. The second-order valence-electron chi connectivity index (χ2n) is 9.26. The Balaban J connectivity index is 1.43. The van der Waals surface area contributed by atoms with Gasteiger partial charge in [0.1, 0.15) is 5.75 Å². The zero-order chi connectivity index (χ0) is 22.7. The Bertz CT molecular complexity index is 912. The fourth-order valence-corrected chi connectivity index (χ4v) is 5.06. The van der Waals surface area contributed by atoms with Gasteiger partial charge in [0.2, 0.25) is 0 Å². The second kappa shape index (κ2) is 9.65. The molecular formula is C24H31ClN4O3. The minimum atomic E-state index is -0.513. The van der Waals surface area contributed by atoms with Gasteiger partial charge < -0.3 is 25.4 Å². The van der Waals surface area contributed by atoms with Crippen molar-refractivity contribution in [3.05, 3.63) is 53.3 Å². The van der Waals surface area contributed by atoms with Crippen molar-refractivity contribution in [3.8, 4) is 5.75 Å². The molecule has 1 saturated heterocycles. The van der Waals surface area contributed by atoms with Crippen LogP contribution in [0.25, 0.3) is 0 Å². The van der Waals surface area contributed by atoms with Gasteiger partial charge in [-0.05, 0) is 68.5 Å². The first-order valence-corrected chi connectivity index (χ1v) is 11.5. The molecule has 2 heterocycles. The summed E-state index contributed by atoms with van der Waals surface area (Å²) in [5.41, 5.74) is 1.12. The van der Waals surface area contributed by atoms with Crippen LogP contribution in [0.15, 0.2) is 42.6 Å². The molecule has 0 bridgehead atoms. The molecule has 0 unspecified atom stereocenters. The number of aliphatic hydroxyl groups is 1. The monoisotopic (exact) mass is 458 g/mol. The summed E-state index contributed by atoms with van der Waals surface area (Å²) in [7, 11) is 1.62.